The van der Waals surface area contributed by atoms with Gasteiger partial charge in [-0.2, -0.15) is 0 Å². The topological polar surface area (TPSA) is 65.0 Å². The number of rotatable bonds is 8. The minimum atomic E-state index is 0.0800. The summed E-state index contributed by atoms with van der Waals surface area (Å²) >= 11 is 7.98. The van der Waals surface area contributed by atoms with Crippen LogP contribution in [0.15, 0.2) is 84.0 Å². The number of carbonyl (C=O) groups excluding carboxylic acids is 1. The van der Waals surface area contributed by atoms with Crippen LogP contribution < -0.4 is 19.4 Å². The van der Waals surface area contributed by atoms with Gasteiger partial charge in [-0.05, 0) is 60.5 Å². The zero-order valence-electron chi connectivity index (χ0n) is 25.2. The van der Waals surface area contributed by atoms with E-state index in [0.29, 0.717) is 29.2 Å². The van der Waals surface area contributed by atoms with Crippen molar-refractivity contribution in [1.29, 1.82) is 0 Å². The number of aryl methyl sites for hydroxylation is 1. The number of para-hydroxylation sites is 1. The third-order valence-corrected chi connectivity index (χ3v) is 9.38. The second-order valence-electron chi connectivity index (χ2n) is 11.1. The summed E-state index contributed by atoms with van der Waals surface area (Å²) in [6.07, 6.45) is 0. The molecule has 2 fully saturated rings. The Hall–Kier alpha value is -3.95. The lowest BCUT2D eigenvalue weighted by Crippen LogP contribution is -2.49. The van der Waals surface area contributed by atoms with Crippen LogP contribution in [0.3, 0.4) is 0 Å². The average Bonchev–Trinajstić information content (AvgIpc) is 3.07. The number of amides is 1. The molecule has 0 spiro atoms. The zero-order chi connectivity index (χ0) is 30.5. The summed E-state index contributed by atoms with van der Waals surface area (Å²) in [7, 11) is 1.68. The molecule has 0 atom stereocenters. The molecule has 0 radical (unpaired) electrons. The molecule has 2 aliphatic rings. The second-order valence-corrected chi connectivity index (χ2v) is 12.4. The molecular formula is C34H37ClN6O2S. The molecule has 2 aliphatic heterocycles. The molecule has 4 aromatic rings. The molecule has 1 aromatic heterocycles. The number of benzene rings is 3. The van der Waals surface area contributed by atoms with Crippen molar-refractivity contribution in [3.63, 3.8) is 0 Å². The Bertz CT molecular complexity index is 1590. The smallest absolute Gasteiger partial charge is 0.253 e. The number of hydrogen-bond donors (Lipinski definition) is 0. The summed E-state index contributed by atoms with van der Waals surface area (Å²) in [5, 5.41) is 1.07. The minimum absolute atomic E-state index is 0.0800. The van der Waals surface area contributed by atoms with Crippen LogP contribution in [-0.4, -0.2) is 80.2 Å². The molecule has 1 amide bonds. The number of ether oxygens (including phenoxy) is 1. The van der Waals surface area contributed by atoms with Gasteiger partial charge in [0, 0.05) is 81.1 Å². The summed E-state index contributed by atoms with van der Waals surface area (Å²) in [5.41, 5.74) is 5.47. The van der Waals surface area contributed by atoms with Gasteiger partial charge in [0.2, 0.25) is 0 Å². The van der Waals surface area contributed by atoms with Crippen molar-refractivity contribution >= 4 is 46.5 Å². The van der Waals surface area contributed by atoms with Gasteiger partial charge < -0.3 is 24.3 Å². The normalized spacial score (nSPS) is 15.4. The average molecular weight is 629 g/mol. The van der Waals surface area contributed by atoms with Crippen LogP contribution in [0.25, 0.3) is 0 Å². The lowest BCUT2D eigenvalue weighted by atomic mass is 10.1. The predicted octanol–water partition coefficient (Wildman–Crippen LogP) is 6.03. The number of carbonyl (C=O) groups is 1. The van der Waals surface area contributed by atoms with Crippen LogP contribution in [0.5, 0.6) is 5.75 Å². The summed E-state index contributed by atoms with van der Waals surface area (Å²) in [6, 6.07) is 26.4. The van der Waals surface area contributed by atoms with Crippen LogP contribution >= 0.6 is 23.4 Å². The second kappa shape index (κ2) is 13.8. The van der Waals surface area contributed by atoms with E-state index in [1.165, 1.54) is 28.7 Å². The number of aromatic nitrogens is 2. The predicted molar refractivity (Wildman–Crippen MR) is 180 cm³/mol. The first kappa shape index (κ1) is 30.1. The van der Waals surface area contributed by atoms with Crippen LogP contribution in [0, 0.1) is 6.92 Å². The lowest BCUT2D eigenvalue weighted by molar-refractivity contribution is 0.0746. The largest absolute Gasteiger partial charge is 0.497 e. The van der Waals surface area contributed by atoms with Crippen molar-refractivity contribution in [1.82, 2.24) is 14.9 Å². The van der Waals surface area contributed by atoms with E-state index >= 15 is 0 Å². The van der Waals surface area contributed by atoms with Gasteiger partial charge in [-0.25, -0.2) is 9.97 Å². The van der Waals surface area contributed by atoms with E-state index in [-0.39, 0.29) is 5.91 Å². The van der Waals surface area contributed by atoms with Crippen LogP contribution in [0.4, 0.5) is 17.2 Å². The number of thioether (sulfide) groups is 1. The van der Waals surface area contributed by atoms with E-state index in [0.717, 1.165) is 62.0 Å². The molecule has 0 saturated carbocycles. The van der Waals surface area contributed by atoms with Crippen molar-refractivity contribution < 1.29 is 9.53 Å². The molecule has 228 valence electrons. The Morgan fingerprint density at radius 1 is 0.818 bits per heavy atom. The van der Waals surface area contributed by atoms with E-state index in [2.05, 4.69) is 63.0 Å². The highest BCUT2D eigenvalue weighted by Crippen LogP contribution is 2.28. The number of methoxy groups -OCH3 is 1. The van der Waals surface area contributed by atoms with Gasteiger partial charge in [0.15, 0.2) is 5.16 Å². The number of halogens is 1. The fraction of sp³-hybridized carbons (Fsp3) is 0.324. The first-order valence-corrected chi connectivity index (χ1v) is 16.3. The Balaban J connectivity index is 1.04. The van der Waals surface area contributed by atoms with Gasteiger partial charge in [0.05, 0.1) is 7.11 Å². The quantitative estimate of drug-likeness (QED) is 0.133. The standard InChI is InChI=1S/C34H37ClN6O2S/c1-25-6-3-4-9-30(25)39-16-20-41(21-17-39)33(42)27-8-5-7-26(22-27)24-44-34-36-31(35)23-32(37-34)40-18-14-38(15-19-40)28-10-12-29(43-2)13-11-28/h3-13,22-23H,14-21,24H2,1-2H3. The third-order valence-electron chi connectivity index (χ3n) is 8.27. The molecule has 10 heteroatoms. The van der Waals surface area contributed by atoms with Gasteiger partial charge in [0.1, 0.15) is 16.7 Å². The molecule has 0 unspecified atom stereocenters. The number of hydrogen-bond acceptors (Lipinski definition) is 8. The third kappa shape index (κ3) is 7.05. The van der Waals surface area contributed by atoms with Gasteiger partial charge >= 0.3 is 0 Å². The molecule has 44 heavy (non-hydrogen) atoms. The van der Waals surface area contributed by atoms with Crippen molar-refractivity contribution in [3.05, 3.63) is 101 Å². The fourth-order valence-electron chi connectivity index (χ4n) is 5.79. The summed E-state index contributed by atoms with van der Waals surface area (Å²) < 4.78 is 5.29. The van der Waals surface area contributed by atoms with Gasteiger partial charge in [-0.1, -0.05) is 53.7 Å². The monoisotopic (exact) mass is 628 g/mol. The first-order chi connectivity index (χ1) is 21.5. The first-order valence-electron chi connectivity index (χ1n) is 15.0. The van der Waals surface area contributed by atoms with Gasteiger partial charge in [-0.3, -0.25) is 4.79 Å². The molecular weight excluding hydrogens is 592 g/mol. The summed E-state index contributed by atoms with van der Waals surface area (Å²) in [6.45, 7) is 8.67. The Morgan fingerprint density at radius 3 is 2.25 bits per heavy atom. The fourth-order valence-corrected chi connectivity index (χ4v) is 6.82. The highest BCUT2D eigenvalue weighted by Gasteiger charge is 2.24. The number of nitrogens with zero attached hydrogens (tertiary/aromatic N) is 6. The maximum Gasteiger partial charge on any atom is 0.253 e. The van der Waals surface area contributed by atoms with E-state index < -0.39 is 0 Å². The lowest BCUT2D eigenvalue weighted by Gasteiger charge is -2.37. The zero-order valence-corrected chi connectivity index (χ0v) is 26.7. The summed E-state index contributed by atoms with van der Waals surface area (Å²) in [5.74, 6) is 2.43. The molecule has 2 saturated heterocycles. The van der Waals surface area contributed by atoms with E-state index in [4.69, 9.17) is 21.3 Å². The van der Waals surface area contributed by atoms with Crippen molar-refractivity contribution in [2.24, 2.45) is 0 Å². The van der Waals surface area contributed by atoms with Crippen molar-refractivity contribution in [2.75, 3.05) is 74.2 Å². The van der Waals surface area contributed by atoms with Crippen LogP contribution in [0.2, 0.25) is 5.15 Å². The SMILES string of the molecule is COc1ccc(N2CCN(c3cc(Cl)nc(SCc4cccc(C(=O)N5CCN(c6ccccc6C)CC5)c4)n3)CC2)cc1. The molecule has 0 bridgehead atoms. The minimum Gasteiger partial charge on any atom is -0.497 e. The molecule has 3 aromatic carbocycles. The maximum atomic E-state index is 13.4. The van der Waals surface area contributed by atoms with Gasteiger partial charge in [0.25, 0.3) is 5.91 Å². The molecule has 0 aliphatic carbocycles. The van der Waals surface area contributed by atoms with E-state index in [1.54, 1.807) is 7.11 Å². The van der Waals surface area contributed by atoms with Crippen LogP contribution in [-0.2, 0) is 5.75 Å². The molecule has 3 heterocycles. The Morgan fingerprint density at radius 2 is 1.52 bits per heavy atom. The maximum absolute atomic E-state index is 13.4. The molecule has 8 nitrogen and oxygen atoms in total. The molecule has 0 N–H and O–H groups in total. The van der Waals surface area contributed by atoms with Crippen LogP contribution in [0.1, 0.15) is 21.5 Å². The van der Waals surface area contributed by atoms with Crippen molar-refractivity contribution in [3.8, 4) is 5.75 Å². The van der Waals surface area contributed by atoms with Crippen molar-refractivity contribution in [2.45, 2.75) is 17.8 Å². The highest BCUT2D eigenvalue weighted by molar-refractivity contribution is 7.98. The Kier molecular flexibility index (Phi) is 9.43. The summed E-state index contributed by atoms with van der Waals surface area (Å²) in [4.78, 5) is 31.7. The Labute approximate surface area is 268 Å². The molecule has 6 rings (SSSR count). The number of piperazine rings is 2. The van der Waals surface area contributed by atoms with Gasteiger partial charge in [-0.15, -0.1) is 0 Å². The number of anilines is 3. The van der Waals surface area contributed by atoms with E-state index in [1.807, 2.05) is 47.4 Å². The highest BCUT2D eigenvalue weighted by atomic mass is 35.5. The van der Waals surface area contributed by atoms with E-state index in [9.17, 15) is 4.79 Å².